The van der Waals surface area contributed by atoms with Crippen LogP contribution in [0.25, 0.3) is 0 Å². The summed E-state index contributed by atoms with van der Waals surface area (Å²) < 4.78 is 15.1. The third kappa shape index (κ3) is 3.45. The Bertz CT molecular complexity index is 589. The zero-order valence-corrected chi connectivity index (χ0v) is 12.6. The van der Waals surface area contributed by atoms with Crippen molar-refractivity contribution in [3.63, 3.8) is 0 Å². The standard InChI is InChI=1S/C16H22FN3/c1-11(8-14-6-5-7-15(17)9-14)18-10-16-12(2)19-20(4)13(16)3/h5-7,9,11,18H,8,10H2,1-4H3. The van der Waals surface area contributed by atoms with Gasteiger partial charge in [-0.05, 0) is 44.9 Å². The molecular formula is C16H22FN3. The average Bonchev–Trinajstić information content (AvgIpc) is 2.61. The van der Waals surface area contributed by atoms with Crippen LogP contribution < -0.4 is 5.32 Å². The fourth-order valence-corrected chi connectivity index (χ4v) is 2.44. The van der Waals surface area contributed by atoms with Crippen LogP contribution in [0.3, 0.4) is 0 Å². The van der Waals surface area contributed by atoms with Gasteiger partial charge in [0.05, 0.1) is 5.69 Å². The number of benzene rings is 1. The fourth-order valence-electron chi connectivity index (χ4n) is 2.44. The quantitative estimate of drug-likeness (QED) is 0.909. The molecule has 0 aliphatic carbocycles. The van der Waals surface area contributed by atoms with Crippen LogP contribution in [0.1, 0.15) is 29.4 Å². The van der Waals surface area contributed by atoms with E-state index >= 15 is 0 Å². The summed E-state index contributed by atoms with van der Waals surface area (Å²) >= 11 is 0. The molecule has 0 saturated carbocycles. The molecule has 4 heteroatoms. The molecule has 1 atom stereocenters. The lowest BCUT2D eigenvalue weighted by molar-refractivity contribution is 0.540. The first kappa shape index (κ1) is 14.7. The van der Waals surface area contributed by atoms with Crippen molar-refractivity contribution in [3.05, 3.63) is 52.6 Å². The number of halogens is 1. The summed E-state index contributed by atoms with van der Waals surface area (Å²) in [6.45, 7) is 7.02. The first-order chi connectivity index (χ1) is 9.47. The van der Waals surface area contributed by atoms with Crippen LogP contribution in [0.5, 0.6) is 0 Å². The monoisotopic (exact) mass is 275 g/mol. The van der Waals surface area contributed by atoms with E-state index in [0.29, 0.717) is 0 Å². The molecule has 0 spiro atoms. The van der Waals surface area contributed by atoms with Crippen LogP contribution in [-0.2, 0) is 20.0 Å². The van der Waals surface area contributed by atoms with Crippen molar-refractivity contribution in [2.24, 2.45) is 7.05 Å². The number of aryl methyl sites for hydroxylation is 2. The Morgan fingerprint density at radius 1 is 1.35 bits per heavy atom. The molecule has 0 amide bonds. The van der Waals surface area contributed by atoms with Gasteiger partial charge >= 0.3 is 0 Å². The summed E-state index contributed by atoms with van der Waals surface area (Å²) in [4.78, 5) is 0. The number of hydrogen-bond donors (Lipinski definition) is 1. The Morgan fingerprint density at radius 3 is 2.70 bits per heavy atom. The van der Waals surface area contributed by atoms with Gasteiger partial charge in [0.1, 0.15) is 5.82 Å². The molecule has 0 aliphatic heterocycles. The van der Waals surface area contributed by atoms with Crippen LogP contribution in [-0.4, -0.2) is 15.8 Å². The highest BCUT2D eigenvalue weighted by molar-refractivity contribution is 5.24. The van der Waals surface area contributed by atoms with Gasteiger partial charge in [-0.15, -0.1) is 0 Å². The summed E-state index contributed by atoms with van der Waals surface area (Å²) in [5.41, 5.74) is 4.52. The number of nitrogens with zero attached hydrogens (tertiary/aromatic N) is 2. The smallest absolute Gasteiger partial charge is 0.123 e. The van der Waals surface area contributed by atoms with E-state index in [1.807, 2.05) is 24.7 Å². The van der Waals surface area contributed by atoms with Gasteiger partial charge in [-0.3, -0.25) is 4.68 Å². The molecule has 2 rings (SSSR count). The molecule has 1 unspecified atom stereocenters. The van der Waals surface area contributed by atoms with Crippen molar-refractivity contribution in [1.29, 1.82) is 0 Å². The summed E-state index contributed by atoms with van der Waals surface area (Å²) in [5.74, 6) is -0.173. The Kier molecular flexibility index (Phi) is 4.55. The molecule has 20 heavy (non-hydrogen) atoms. The molecule has 1 N–H and O–H groups in total. The first-order valence-corrected chi connectivity index (χ1v) is 6.94. The van der Waals surface area contributed by atoms with Gasteiger partial charge < -0.3 is 5.32 Å². The van der Waals surface area contributed by atoms with Crippen LogP contribution in [0.4, 0.5) is 4.39 Å². The van der Waals surface area contributed by atoms with Crippen molar-refractivity contribution in [1.82, 2.24) is 15.1 Å². The molecule has 3 nitrogen and oxygen atoms in total. The third-order valence-corrected chi connectivity index (χ3v) is 3.72. The molecule has 0 saturated heterocycles. The van der Waals surface area contributed by atoms with E-state index in [-0.39, 0.29) is 11.9 Å². The lowest BCUT2D eigenvalue weighted by Crippen LogP contribution is -2.28. The second kappa shape index (κ2) is 6.18. The molecular weight excluding hydrogens is 253 g/mol. The zero-order valence-electron chi connectivity index (χ0n) is 12.6. The summed E-state index contributed by atoms with van der Waals surface area (Å²) in [7, 11) is 1.96. The van der Waals surface area contributed by atoms with Gasteiger partial charge in [0, 0.05) is 30.9 Å². The predicted octanol–water partition coefficient (Wildman–Crippen LogP) is 2.90. The van der Waals surface area contributed by atoms with Crippen LogP contribution in [0.2, 0.25) is 0 Å². The second-order valence-electron chi connectivity index (χ2n) is 5.39. The number of nitrogens with one attached hydrogen (secondary N) is 1. The Balaban J connectivity index is 1.94. The van der Waals surface area contributed by atoms with E-state index in [9.17, 15) is 4.39 Å². The SMILES string of the molecule is Cc1nn(C)c(C)c1CNC(C)Cc1cccc(F)c1. The maximum absolute atomic E-state index is 13.1. The minimum Gasteiger partial charge on any atom is -0.310 e. The maximum atomic E-state index is 13.1. The van der Waals surface area contributed by atoms with Crippen molar-refractivity contribution in [2.75, 3.05) is 0 Å². The van der Waals surface area contributed by atoms with Gasteiger partial charge in [-0.25, -0.2) is 4.39 Å². The topological polar surface area (TPSA) is 29.9 Å². The van der Waals surface area contributed by atoms with Crippen molar-refractivity contribution < 1.29 is 4.39 Å². The summed E-state index contributed by atoms with van der Waals surface area (Å²) in [5, 5.41) is 7.90. The lowest BCUT2D eigenvalue weighted by Gasteiger charge is -2.14. The van der Waals surface area contributed by atoms with Crippen molar-refractivity contribution in [2.45, 2.75) is 39.8 Å². The lowest BCUT2D eigenvalue weighted by atomic mass is 10.1. The minimum absolute atomic E-state index is 0.173. The minimum atomic E-state index is -0.173. The molecule has 1 aromatic carbocycles. The Morgan fingerprint density at radius 2 is 2.10 bits per heavy atom. The van der Waals surface area contributed by atoms with E-state index in [1.54, 1.807) is 12.1 Å². The zero-order chi connectivity index (χ0) is 14.7. The van der Waals surface area contributed by atoms with E-state index in [1.165, 1.54) is 17.3 Å². The molecule has 108 valence electrons. The van der Waals surface area contributed by atoms with Gasteiger partial charge in [-0.1, -0.05) is 12.1 Å². The van der Waals surface area contributed by atoms with Crippen molar-refractivity contribution >= 4 is 0 Å². The van der Waals surface area contributed by atoms with E-state index in [2.05, 4.69) is 24.3 Å². The maximum Gasteiger partial charge on any atom is 0.123 e. The number of rotatable bonds is 5. The van der Waals surface area contributed by atoms with Gasteiger partial charge in [0.15, 0.2) is 0 Å². The normalized spacial score (nSPS) is 12.7. The highest BCUT2D eigenvalue weighted by Crippen LogP contribution is 2.12. The third-order valence-electron chi connectivity index (χ3n) is 3.72. The molecule has 0 fully saturated rings. The van der Waals surface area contributed by atoms with Gasteiger partial charge in [0.2, 0.25) is 0 Å². The molecule has 0 radical (unpaired) electrons. The first-order valence-electron chi connectivity index (χ1n) is 6.94. The van der Waals surface area contributed by atoms with Crippen LogP contribution >= 0.6 is 0 Å². The Hall–Kier alpha value is -1.68. The number of aromatic nitrogens is 2. The predicted molar refractivity (Wildman–Crippen MR) is 79.1 cm³/mol. The van der Waals surface area contributed by atoms with E-state index < -0.39 is 0 Å². The van der Waals surface area contributed by atoms with Crippen LogP contribution in [0.15, 0.2) is 24.3 Å². The second-order valence-corrected chi connectivity index (χ2v) is 5.39. The highest BCUT2D eigenvalue weighted by Gasteiger charge is 2.10. The number of hydrogen-bond acceptors (Lipinski definition) is 2. The summed E-state index contributed by atoms with van der Waals surface area (Å²) in [6, 6.07) is 7.08. The largest absolute Gasteiger partial charge is 0.310 e. The van der Waals surface area contributed by atoms with Crippen LogP contribution in [0, 0.1) is 19.7 Å². The van der Waals surface area contributed by atoms with Crippen molar-refractivity contribution in [3.8, 4) is 0 Å². The van der Waals surface area contributed by atoms with Gasteiger partial charge in [0.25, 0.3) is 0 Å². The average molecular weight is 275 g/mol. The molecule has 0 bridgehead atoms. The molecule has 1 aromatic heterocycles. The summed E-state index contributed by atoms with van der Waals surface area (Å²) in [6.07, 6.45) is 0.816. The molecule has 2 aromatic rings. The van der Waals surface area contributed by atoms with E-state index in [0.717, 1.165) is 24.2 Å². The van der Waals surface area contributed by atoms with E-state index in [4.69, 9.17) is 0 Å². The van der Waals surface area contributed by atoms with Gasteiger partial charge in [-0.2, -0.15) is 5.10 Å². The fraction of sp³-hybridized carbons (Fsp3) is 0.438. The highest BCUT2D eigenvalue weighted by atomic mass is 19.1. The molecule has 1 heterocycles. The Labute approximate surface area is 119 Å². The molecule has 0 aliphatic rings.